The second kappa shape index (κ2) is 11.9. The molecule has 1 atom stereocenters. The zero-order chi connectivity index (χ0) is 29.9. The number of aliphatic hydroxyl groups excluding tert-OH is 1. The molecule has 0 spiro atoms. The molecule has 8 nitrogen and oxygen atoms in total. The van der Waals surface area contributed by atoms with Gasteiger partial charge in [0.1, 0.15) is 17.3 Å². The SMILES string of the molecule is CCOc1ccc(/C(O)=C2/C(=O)C(=O)N(c3ccc(NC(C)=O)cc3)C2c2ccc(C(C)(C)C)cc2)c(OCC)c1. The van der Waals surface area contributed by atoms with E-state index in [4.69, 9.17) is 9.47 Å². The maximum atomic E-state index is 13.6. The molecule has 3 aromatic rings. The van der Waals surface area contributed by atoms with E-state index in [1.165, 1.54) is 11.8 Å². The lowest BCUT2D eigenvalue weighted by atomic mass is 9.85. The minimum absolute atomic E-state index is 0.0467. The first-order valence-electron chi connectivity index (χ1n) is 13.6. The first-order chi connectivity index (χ1) is 19.5. The normalized spacial score (nSPS) is 16.5. The van der Waals surface area contributed by atoms with Gasteiger partial charge in [-0.05, 0) is 66.8 Å². The predicted octanol–water partition coefficient (Wildman–Crippen LogP) is 6.37. The molecule has 3 aromatic carbocycles. The van der Waals surface area contributed by atoms with Crippen molar-refractivity contribution in [2.24, 2.45) is 0 Å². The number of ketones is 1. The largest absolute Gasteiger partial charge is 0.507 e. The first kappa shape index (κ1) is 29.4. The molecule has 8 heteroatoms. The van der Waals surface area contributed by atoms with Crippen LogP contribution in [0.25, 0.3) is 5.76 Å². The van der Waals surface area contributed by atoms with Gasteiger partial charge in [0.25, 0.3) is 11.7 Å². The van der Waals surface area contributed by atoms with Gasteiger partial charge in [-0.3, -0.25) is 19.3 Å². The first-order valence-corrected chi connectivity index (χ1v) is 13.6. The van der Waals surface area contributed by atoms with Gasteiger partial charge in [0.2, 0.25) is 5.91 Å². The van der Waals surface area contributed by atoms with Crippen LogP contribution < -0.4 is 19.7 Å². The van der Waals surface area contributed by atoms with Crippen molar-refractivity contribution in [1.82, 2.24) is 0 Å². The van der Waals surface area contributed by atoms with Crippen molar-refractivity contribution in [3.05, 3.63) is 89.0 Å². The summed E-state index contributed by atoms with van der Waals surface area (Å²) in [7, 11) is 0. The molecule has 0 radical (unpaired) electrons. The molecule has 1 aliphatic heterocycles. The Morgan fingerprint density at radius 3 is 2.12 bits per heavy atom. The predicted molar refractivity (Wildman–Crippen MR) is 159 cm³/mol. The van der Waals surface area contributed by atoms with Gasteiger partial charge >= 0.3 is 0 Å². The van der Waals surface area contributed by atoms with Gasteiger partial charge in [0, 0.05) is 24.4 Å². The second-order valence-electron chi connectivity index (χ2n) is 10.8. The van der Waals surface area contributed by atoms with E-state index < -0.39 is 17.7 Å². The molecule has 0 saturated carbocycles. The Bertz CT molecular complexity index is 1480. The fourth-order valence-corrected chi connectivity index (χ4v) is 4.86. The van der Waals surface area contributed by atoms with Gasteiger partial charge in [-0.1, -0.05) is 45.0 Å². The average Bonchev–Trinajstić information content (AvgIpc) is 3.19. The van der Waals surface area contributed by atoms with Crippen molar-refractivity contribution >= 4 is 34.7 Å². The van der Waals surface area contributed by atoms with Crippen LogP contribution in [0.5, 0.6) is 11.5 Å². The van der Waals surface area contributed by atoms with E-state index in [1.54, 1.807) is 42.5 Å². The zero-order valence-corrected chi connectivity index (χ0v) is 24.3. The van der Waals surface area contributed by atoms with Crippen LogP contribution >= 0.6 is 0 Å². The molecule has 1 saturated heterocycles. The van der Waals surface area contributed by atoms with Crippen LogP contribution in [-0.4, -0.2) is 35.9 Å². The van der Waals surface area contributed by atoms with E-state index in [2.05, 4.69) is 26.1 Å². The third-order valence-electron chi connectivity index (χ3n) is 6.82. The number of carbonyl (C=O) groups excluding carboxylic acids is 3. The number of amides is 2. The highest BCUT2D eigenvalue weighted by Crippen LogP contribution is 2.44. The van der Waals surface area contributed by atoms with E-state index in [-0.39, 0.29) is 28.2 Å². The van der Waals surface area contributed by atoms with E-state index in [0.29, 0.717) is 41.7 Å². The molecular formula is C33H36N2O6. The number of hydrogen-bond donors (Lipinski definition) is 2. The van der Waals surface area contributed by atoms with Crippen molar-refractivity contribution in [3.8, 4) is 11.5 Å². The molecule has 1 fully saturated rings. The highest BCUT2D eigenvalue weighted by atomic mass is 16.5. The van der Waals surface area contributed by atoms with Gasteiger partial charge in [-0.25, -0.2) is 0 Å². The van der Waals surface area contributed by atoms with Crippen LogP contribution in [0, 0.1) is 0 Å². The summed E-state index contributed by atoms with van der Waals surface area (Å²) in [6, 6.07) is 18.4. The molecule has 1 aliphatic rings. The Kier molecular flexibility index (Phi) is 8.52. The van der Waals surface area contributed by atoms with Crippen LogP contribution in [-0.2, 0) is 19.8 Å². The number of hydrogen-bond acceptors (Lipinski definition) is 6. The summed E-state index contributed by atoms with van der Waals surface area (Å²) >= 11 is 0. The summed E-state index contributed by atoms with van der Waals surface area (Å²) in [5.74, 6) is -1.25. The second-order valence-corrected chi connectivity index (χ2v) is 10.8. The minimum Gasteiger partial charge on any atom is -0.507 e. The molecule has 41 heavy (non-hydrogen) atoms. The quantitative estimate of drug-likeness (QED) is 0.190. The molecule has 214 valence electrons. The van der Waals surface area contributed by atoms with Crippen molar-refractivity contribution < 1.29 is 29.0 Å². The molecule has 0 aromatic heterocycles. The van der Waals surface area contributed by atoms with Crippen molar-refractivity contribution in [3.63, 3.8) is 0 Å². The molecule has 0 bridgehead atoms. The Morgan fingerprint density at radius 1 is 0.927 bits per heavy atom. The van der Waals surface area contributed by atoms with Crippen molar-refractivity contribution in [2.45, 2.75) is 53.0 Å². The van der Waals surface area contributed by atoms with Crippen LogP contribution in [0.15, 0.2) is 72.3 Å². The van der Waals surface area contributed by atoms with Gasteiger partial charge in [0.15, 0.2) is 0 Å². The number of rotatable bonds is 8. The molecule has 2 N–H and O–H groups in total. The van der Waals surface area contributed by atoms with Crippen molar-refractivity contribution in [2.75, 3.05) is 23.4 Å². The summed E-state index contributed by atoms with van der Waals surface area (Å²) in [6.45, 7) is 12.2. The van der Waals surface area contributed by atoms with Gasteiger partial charge < -0.3 is 19.9 Å². The number of ether oxygens (including phenoxy) is 2. The van der Waals surface area contributed by atoms with Gasteiger partial charge in [-0.2, -0.15) is 0 Å². The summed E-state index contributed by atoms with van der Waals surface area (Å²) < 4.78 is 11.4. The summed E-state index contributed by atoms with van der Waals surface area (Å²) in [4.78, 5) is 40.1. The Labute approximate surface area is 240 Å². The van der Waals surface area contributed by atoms with E-state index in [1.807, 2.05) is 38.1 Å². The van der Waals surface area contributed by atoms with E-state index in [9.17, 15) is 19.5 Å². The fourth-order valence-electron chi connectivity index (χ4n) is 4.86. The zero-order valence-electron chi connectivity index (χ0n) is 24.3. The maximum Gasteiger partial charge on any atom is 0.300 e. The van der Waals surface area contributed by atoms with Crippen LogP contribution in [0.1, 0.15) is 64.3 Å². The Balaban J connectivity index is 1.91. The summed E-state index contributed by atoms with van der Waals surface area (Å²) in [6.07, 6.45) is 0. The number of nitrogens with one attached hydrogen (secondary N) is 1. The monoisotopic (exact) mass is 556 g/mol. The van der Waals surface area contributed by atoms with Crippen LogP contribution in [0.3, 0.4) is 0 Å². The lowest BCUT2D eigenvalue weighted by molar-refractivity contribution is -0.132. The number of carbonyl (C=O) groups is 3. The number of benzene rings is 3. The lowest BCUT2D eigenvalue weighted by Gasteiger charge is -2.27. The molecule has 2 amide bonds. The average molecular weight is 557 g/mol. The minimum atomic E-state index is -0.906. The van der Waals surface area contributed by atoms with Crippen LogP contribution in [0.2, 0.25) is 0 Å². The summed E-state index contributed by atoms with van der Waals surface area (Å²) in [5, 5.41) is 14.4. The van der Waals surface area contributed by atoms with Gasteiger partial charge in [0.05, 0.1) is 30.4 Å². The number of anilines is 2. The third-order valence-corrected chi connectivity index (χ3v) is 6.82. The summed E-state index contributed by atoms with van der Waals surface area (Å²) in [5.41, 5.74) is 2.88. The van der Waals surface area contributed by atoms with Gasteiger partial charge in [-0.15, -0.1) is 0 Å². The van der Waals surface area contributed by atoms with E-state index in [0.717, 1.165) is 5.56 Å². The number of nitrogens with zero attached hydrogens (tertiary/aromatic N) is 1. The topological polar surface area (TPSA) is 105 Å². The molecule has 4 rings (SSSR count). The van der Waals surface area contributed by atoms with Crippen molar-refractivity contribution in [1.29, 1.82) is 0 Å². The maximum absolute atomic E-state index is 13.6. The number of Topliss-reactive ketones (excluding diaryl/α,β-unsaturated/α-hetero) is 1. The molecule has 1 heterocycles. The highest BCUT2D eigenvalue weighted by molar-refractivity contribution is 6.51. The lowest BCUT2D eigenvalue weighted by Crippen LogP contribution is -2.29. The smallest absolute Gasteiger partial charge is 0.300 e. The molecular weight excluding hydrogens is 520 g/mol. The van der Waals surface area contributed by atoms with E-state index >= 15 is 0 Å². The standard InChI is InChI=1S/C33H36N2O6/c1-7-40-25-17-18-26(27(19-25)41-8-2)30(37)28-29(21-9-11-22(12-10-21)33(4,5)6)35(32(39)31(28)38)24-15-13-23(14-16-24)34-20(3)36/h9-19,29,37H,7-8H2,1-6H3,(H,34,36)/b30-28-. The Morgan fingerprint density at radius 2 is 1.56 bits per heavy atom. The third kappa shape index (κ3) is 6.11. The Hall–Kier alpha value is -4.59. The van der Waals surface area contributed by atoms with Crippen LogP contribution in [0.4, 0.5) is 11.4 Å². The molecule has 0 aliphatic carbocycles. The molecule has 1 unspecified atom stereocenters. The highest BCUT2D eigenvalue weighted by Gasteiger charge is 2.47. The fraction of sp³-hybridized carbons (Fsp3) is 0.303. The number of aliphatic hydroxyl groups is 1.